The van der Waals surface area contributed by atoms with E-state index >= 15 is 0 Å². The summed E-state index contributed by atoms with van der Waals surface area (Å²) in [5.74, 6) is 0.623. The van der Waals surface area contributed by atoms with E-state index in [9.17, 15) is 9.59 Å². The molecule has 0 spiro atoms. The second-order valence-corrected chi connectivity index (χ2v) is 7.37. The van der Waals surface area contributed by atoms with Crippen LogP contribution in [0.3, 0.4) is 0 Å². The van der Waals surface area contributed by atoms with E-state index in [1.165, 1.54) is 6.26 Å². The summed E-state index contributed by atoms with van der Waals surface area (Å²) in [6.07, 6.45) is 1.41. The first-order valence-electron chi connectivity index (χ1n) is 10.1. The number of amides is 2. The van der Waals surface area contributed by atoms with Crippen LogP contribution in [0, 0.1) is 0 Å². The molecule has 4 aromatic rings. The van der Waals surface area contributed by atoms with E-state index in [4.69, 9.17) is 20.8 Å². The van der Waals surface area contributed by atoms with Gasteiger partial charge in [0, 0.05) is 5.02 Å². The van der Waals surface area contributed by atoms with Gasteiger partial charge in [-0.25, -0.2) is 0 Å². The van der Waals surface area contributed by atoms with Crippen LogP contribution >= 0.6 is 11.6 Å². The highest BCUT2D eigenvalue weighted by Crippen LogP contribution is 2.29. The lowest BCUT2D eigenvalue weighted by Crippen LogP contribution is -2.23. The molecule has 0 saturated carbocycles. The summed E-state index contributed by atoms with van der Waals surface area (Å²) < 4.78 is 11.0. The molecule has 0 bridgehead atoms. The summed E-state index contributed by atoms with van der Waals surface area (Å²) in [5.41, 5.74) is 1.49. The second kappa shape index (κ2) is 10.4. The lowest BCUT2D eigenvalue weighted by atomic mass is 10.2. The predicted molar refractivity (Wildman–Crippen MR) is 128 cm³/mol. The highest BCUT2D eigenvalue weighted by Gasteiger charge is 2.14. The Balaban J connectivity index is 1.41. The van der Waals surface area contributed by atoms with Crippen molar-refractivity contribution >= 4 is 40.5 Å². The van der Waals surface area contributed by atoms with Gasteiger partial charge in [-0.15, -0.1) is 0 Å². The highest BCUT2D eigenvalue weighted by atomic mass is 35.5. The second-order valence-electron chi connectivity index (χ2n) is 6.93. The quantitative estimate of drug-likeness (QED) is 0.298. The average molecular weight is 462 g/mol. The van der Waals surface area contributed by atoms with Crippen LogP contribution in [0.1, 0.15) is 10.6 Å². The van der Waals surface area contributed by atoms with Gasteiger partial charge in [0.05, 0.1) is 29.9 Å². The number of hydrogen-bond donors (Lipinski definition) is 3. The number of ether oxygens (including phenoxy) is 1. The summed E-state index contributed by atoms with van der Waals surface area (Å²) in [6.45, 7) is -0.0507. The first-order valence-corrected chi connectivity index (χ1v) is 10.5. The zero-order valence-corrected chi connectivity index (χ0v) is 18.1. The first kappa shape index (κ1) is 22.0. The molecule has 0 aliphatic heterocycles. The fraction of sp³-hybridized carbons (Fsp3) is 0.0400. The van der Waals surface area contributed by atoms with Crippen molar-refractivity contribution in [3.63, 3.8) is 0 Å². The molecule has 8 heteroatoms. The fourth-order valence-electron chi connectivity index (χ4n) is 3.01. The number of halogens is 1. The van der Waals surface area contributed by atoms with Crippen molar-refractivity contribution in [2.75, 3.05) is 22.5 Å². The summed E-state index contributed by atoms with van der Waals surface area (Å²) in [7, 11) is 0. The van der Waals surface area contributed by atoms with Gasteiger partial charge < -0.3 is 25.1 Å². The molecule has 0 saturated heterocycles. The molecule has 0 radical (unpaired) electrons. The first-order chi connectivity index (χ1) is 16.1. The van der Waals surface area contributed by atoms with E-state index in [-0.39, 0.29) is 18.2 Å². The zero-order valence-electron chi connectivity index (χ0n) is 17.4. The van der Waals surface area contributed by atoms with E-state index in [1.54, 1.807) is 42.5 Å². The topological polar surface area (TPSA) is 92.6 Å². The Kier molecular flexibility index (Phi) is 6.92. The van der Waals surface area contributed by atoms with Gasteiger partial charge in [0.25, 0.3) is 5.91 Å². The molecule has 0 aliphatic rings. The molecule has 166 valence electrons. The minimum absolute atomic E-state index is 0.0507. The van der Waals surface area contributed by atoms with Crippen molar-refractivity contribution in [1.82, 2.24) is 0 Å². The maximum absolute atomic E-state index is 12.6. The van der Waals surface area contributed by atoms with E-state index in [0.29, 0.717) is 33.6 Å². The van der Waals surface area contributed by atoms with Gasteiger partial charge in [-0.1, -0.05) is 41.9 Å². The summed E-state index contributed by atoms with van der Waals surface area (Å²) in [4.78, 5) is 25.0. The van der Waals surface area contributed by atoms with Crippen LogP contribution in [0.5, 0.6) is 11.5 Å². The third-order valence-electron chi connectivity index (χ3n) is 4.55. The summed E-state index contributed by atoms with van der Waals surface area (Å²) in [6, 6.07) is 24.6. The Bertz CT molecular complexity index is 1240. The molecule has 0 aliphatic carbocycles. The van der Waals surface area contributed by atoms with Gasteiger partial charge in [0.15, 0.2) is 11.5 Å². The number of hydrogen-bond acceptors (Lipinski definition) is 5. The minimum atomic E-state index is -0.429. The lowest BCUT2D eigenvalue weighted by Gasteiger charge is -2.15. The van der Waals surface area contributed by atoms with Crippen molar-refractivity contribution in [3.05, 3.63) is 102 Å². The number of nitrogens with one attached hydrogen (secondary N) is 3. The number of benzene rings is 3. The standard InChI is InChI=1S/C25H20ClN3O4/c26-17-12-13-19(21(15-17)29-25(31)23-11-6-14-32-23)27-16-24(30)28-20-9-4-5-10-22(20)33-18-7-2-1-3-8-18/h1-15,27H,16H2,(H,28,30)(H,29,31). The molecule has 0 fully saturated rings. The number of furan rings is 1. The Hall–Kier alpha value is -4.23. The monoisotopic (exact) mass is 461 g/mol. The van der Waals surface area contributed by atoms with Crippen molar-refractivity contribution < 1.29 is 18.7 Å². The largest absolute Gasteiger partial charge is 0.459 e. The predicted octanol–water partition coefficient (Wildman–Crippen LogP) is 6.03. The Morgan fingerprint density at radius 1 is 0.818 bits per heavy atom. The zero-order chi connectivity index (χ0) is 23.0. The molecule has 0 unspecified atom stereocenters. The molecular weight excluding hydrogens is 442 g/mol. The highest BCUT2D eigenvalue weighted by molar-refractivity contribution is 6.31. The maximum atomic E-state index is 12.6. The van der Waals surface area contributed by atoms with E-state index in [0.717, 1.165) is 0 Å². The molecule has 0 atom stereocenters. The van der Waals surface area contributed by atoms with Gasteiger partial charge in [-0.3, -0.25) is 9.59 Å². The normalized spacial score (nSPS) is 10.3. The van der Waals surface area contributed by atoms with Crippen LogP contribution < -0.4 is 20.7 Å². The number of rotatable bonds is 8. The van der Waals surface area contributed by atoms with Crippen molar-refractivity contribution in [2.24, 2.45) is 0 Å². The van der Waals surface area contributed by atoms with Crippen LogP contribution in [-0.2, 0) is 4.79 Å². The fourth-order valence-corrected chi connectivity index (χ4v) is 3.18. The third kappa shape index (κ3) is 5.93. The number of carbonyl (C=O) groups is 2. The number of para-hydroxylation sites is 3. The molecule has 3 N–H and O–H groups in total. The Morgan fingerprint density at radius 3 is 2.39 bits per heavy atom. The molecule has 7 nitrogen and oxygen atoms in total. The van der Waals surface area contributed by atoms with Crippen LogP contribution in [0.4, 0.5) is 17.1 Å². The van der Waals surface area contributed by atoms with Gasteiger partial charge in [-0.05, 0) is 54.6 Å². The van der Waals surface area contributed by atoms with Crippen molar-refractivity contribution in [2.45, 2.75) is 0 Å². The smallest absolute Gasteiger partial charge is 0.291 e. The summed E-state index contributed by atoms with van der Waals surface area (Å²) >= 11 is 6.08. The third-order valence-corrected chi connectivity index (χ3v) is 4.78. The average Bonchev–Trinajstić information content (AvgIpc) is 3.36. The van der Waals surface area contributed by atoms with Crippen LogP contribution in [0.2, 0.25) is 5.02 Å². The molecule has 3 aromatic carbocycles. The molecule has 33 heavy (non-hydrogen) atoms. The summed E-state index contributed by atoms with van der Waals surface area (Å²) in [5, 5.41) is 9.03. The van der Waals surface area contributed by atoms with Crippen molar-refractivity contribution in [1.29, 1.82) is 0 Å². The van der Waals surface area contributed by atoms with Gasteiger partial charge in [0.2, 0.25) is 5.91 Å². The molecule has 2 amide bonds. The van der Waals surface area contributed by atoms with E-state index in [2.05, 4.69) is 16.0 Å². The van der Waals surface area contributed by atoms with E-state index in [1.807, 2.05) is 42.5 Å². The lowest BCUT2D eigenvalue weighted by molar-refractivity contribution is -0.114. The SMILES string of the molecule is O=C(CNc1ccc(Cl)cc1NC(=O)c1ccco1)Nc1ccccc1Oc1ccccc1. The minimum Gasteiger partial charge on any atom is -0.459 e. The van der Waals surface area contributed by atoms with Crippen LogP contribution in [0.15, 0.2) is 95.6 Å². The van der Waals surface area contributed by atoms with Crippen LogP contribution in [-0.4, -0.2) is 18.4 Å². The van der Waals surface area contributed by atoms with Crippen LogP contribution in [0.25, 0.3) is 0 Å². The number of carbonyl (C=O) groups excluding carboxylic acids is 2. The molecule has 4 rings (SSSR count). The molecular formula is C25H20ClN3O4. The Labute approximate surface area is 195 Å². The van der Waals surface area contributed by atoms with Gasteiger partial charge in [0.1, 0.15) is 5.75 Å². The van der Waals surface area contributed by atoms with E-state index < -0.39 is 5.91 Å². The molecule has 1 heterocycles. The maximum Gasteiger partial charge on any atom is 0.291 e. The molecule has 1 aromatic heterocycles. The van der Waals surface area contributed by atoms with Gasteiger partial charge >= 0.3 is 0 Å². The van der Waals surface area contributed by atoms with Gasteiger partial charge in [-0.2, -0.15) is 0 Å². The van der Waals surface area contributed by atoms with Crippen molar-refractivity contribution in [3.8, 4) is 11.5 Å². The number of anilines is 3. The Morgan fingerprint density at radius 2 is 1.61 bits per heavy atom.